The third-order valence-electron chi connectivity index (χ3n) is 5.15. The van der Waals surface area contributed by atoms with E-state index in [9.17, 15) is 15.4 Å². The van der Waals surface area contributed by atoms with E-state index in [1.165, 1.54) is 19.2 Å². The second-order valence-electron chi connectivity index (χ2n) is 7.05. The van der Waals surface area contributed by atoms with Crippen LogP contribution in [0.1, 0.15) is 22.8 Å². The van der Waals surface area contributed by atoms with Crippen LogP contribution < -0.4 is 4.74 Å². The molecule has 1 N–H and O–H groups in total. The van der Waals surface area contributed by atoms with Gasteiger partial charge in [0.25, 0.3) is 5.69 Å². The lowest BCUT2D eigenvalue weighted by Crippen LogP contribution is -2.03. The van der Waals surface area contributed by atoms with Crippen LogP contribution in [0.15, 0.2) is 48.5 Å². The number of imidazole rings is 1. The van der Waals surface area contributed by atoms with Gasteiger partial charge in [-0.2, -0.15) is 5.26 Å². The lowest BCUT2D eigenvalue weighted by molar-refractivity contribution is -0.384. The molecule has 2 heterocycles. The minimum atomic E-state index is -0.456. The van der Waals surface area contributed by atoms with Crippen molar-refractivity contribution in [1.82, 2.24) is 14.5 Å². The number of rotatable bonds is 5. The molecule has 8 heteroatoms. The number of aryl methyl sites for hydroxylation is 1. The average molecular weight is 413 g/mol. The number of methoxy groups -OCH3 is 1. The summed E-state index contributed by atoms with van der Waals surface area (Å²) in [6.07, 6.45) is 1.79. The van der Waals surface area contributed by atoms with E-state index >= 15 is 0 Å². The maximum Gasteiger partial charge on any atom is 0.273 e. The Morgan fingerprint density at radius 1 is 1.26 bits per heavy atom. The molecular formula is C23H19N5O3. The molecule has 4 aromatic rings. The van der Waals surface area contributed by atoms with Gasteiger partial charge in [-0.05, 0) is 49.8 Å². The standard InChI is InChI=1S/C23H19N5O3/c1-14-10-16(11-17(13-24)23-25-19-6-4-5-7-20(19)26-23)15(2)27(14)21-9-8-18(28(29)30)12-22(21)31-3/h4-12H,1-3H3,(H,25,26). The van der Waals surface area contributed by atoms with Crippen molar-refractivity contribution in [3.05, 3.63) is 81.4 Å². The van der Waals surface area contributed by atoms with Gasteiger partial charge in [0.1, 0.15) is 17.6 Å². The first-order valence-corrected chi connectivity index (χ1v) is 9.51. The summed E-state index contributed by atoms with van der Waals surface area (Å²) in [6.45, 7) is 3.85. The summed E-state index contributed by atoms with van der Waals surface area (Å²) in [5.74, 6) is 0.894. The summed E-state index contributed by atoms with van der Waals surface area (Å²) in [5, 5.41) is 20.9. The van der Waals surface area contributed by atoms with E-state index in [1.807, 2.05) is 48.7 Å². The molecule has 31 heavy (non-hydrogen) atoms. The molecule has 4 rings (SSSR count). The Morgan fingerprint density at radius 2 is 2.03 bits per heavy atom. The summed E-state index contributed by atoms with van der Waals surface area (Å²) >= 11 is 0. The number of aromatic nitrogens is 3. The number of H-pyrrole nitrogens is 1. The van der Waals surface area contributed by atoms with E-state index in [0.29, 0.717) is 22.8 Å². The highest BCUT2D eigenvalue weighted by Gasteiger charge is 2.18. The van der Waals surface area contributed by atoms with Crippen LogP contribution in [-0.4, -0.2) is 26.6 Å². The molecule has 0 radical (unpaired) electrons. The molecular weight excluding hydrogens is 394 g/mol. The highest BCUT2D eigenvalue weighted by molar-refractivity contribution is 5.90. The Labute approximate surface area is 178 Å². The fourth-order valence-electron chi connectivity index (χ4n) is 3.66. The molecule has 0 spiro atoms. The largest absolute Gasteiger partial charge is 0.494 e. The topological polar surface area (TPSA) is 110 Å². The van der Waals surface area contributed by atoms with E-state index in [2.05, 4.69) is 16.0 Å². The monoisotopic (exact) mass is 413 g/mol. The normalized spacial score (nSPS) is 11.5. The number of fused-ring (bicyclic) bond motifs is 1. The molecule has 0 atom stereocenters. The number of ether oxygens (including phenoxy) is 1. The van der Waals surface area contributed by atoms with Gasteiger partial charge in [0.2, 0.25) is 0 Å². The van der Waals surface area contributed by atoms with E-state index in [4.69, 9.17) is 4.74 Å². The summed E-state index contributed by atoms with van der Waals surface area (Å²) in [7, 11) is 1.48. The third kappa shape index (κ3) is 3.53. The number of nitriles is 1. The summed E-state index contributed by atoms with van der Waals surface area (Å²) in [5.41, 5.74) is 5.32. The van der Waals surface area contributed by atoms with E-state index in [-0.39, 0.29) is 5.69 Å². The number of para-hydroxylation sites is 2. The minimum Gasteiger partial charge on any atom is -0.494 e. The van der Waals surface area contributed by atoms with Crippen molar-refractivity contribution in [2.24, 2.45) is 0 Å². The third-order valence-corrected chi connectivity index (χ3v) is 5.15. The van der Waals surface area contributed by atoms with Crippen LogP contribution in [0.5, 0.6) is 5.75 Å². The maximum absolute atomic E-state index is 11.1. The van der Waals surface area contributed by atoms with E-state index < -0.39 is 4.92 Å². The van der Waals surface area contributed by atoms with Gasteiger partial charge in [-0.25, -0.2) is 4.98 Å². The van der Waals surface area contributed by atoms with Gasteiger partial charge in [-0.15, -0.1) is 0 Å². The zero-order valence-electron chi connectivity index (χ0n) is 17.2. The molecule has 0 amide bonds. The van der Waals surface area contributed by atoms with Gasteiger partial charge in [0.15, 0.2) is 0 Å². The lowest BCUT2D eigenvalue weighted by atomic mass is 10.1. The van der Waals surface area contributed by atoms with Crippen molar-refractivity contribution >= 4 is 28.4 Å². The minimum absolute atomic E-state index is 0.0418. The fraction of sp³-hybridized carbons (Fsp3) is 0.130. The molecule has 0 fully saturated rings. The second-order valence-corrected chi connectivity index (χ2v) is 7.05. The van der Waals surface area contributed by atoms with E-state index in [1.54, 1.807) is 12.1 Å². The maximum atomic E-state index is 11.1. The number of nitrogens with zero attached hydrogens (tertiary/aromatic N) is 4. The first kappa shape index (κ1) is 19.9. The smallest absolute Gasteiger partial charge is 0.273 e. The van der Waals surface area contributed by atoms with Gasteiger partial charge < -0.3 is 14.3 Å². The Hall–Kier alpha value is -4.38. The van der Waals surface area contributed by atoms with Gasteiger partial charge in [-0.1, -0.05) is 12.1 Å². The Morgan fingerprint density at radius 3 is 2.71 bits per heavy atom. The molecule has 0 unspecified atom stereocenters. The SMILES string of the molecule is COc1cc([N+](=O)[O-])ccc1-n1c(C)cc(C=C(C#N)c2nc3ccccc3[nH]2)c1C. The van der Waals surface area contributed by atoms with Crippen LogP contribution in [0.2, 0.25) is 0 Å². The first-order valence-electron chi connectivity index (χ1n) is 9.51. The number of hydrogen-bond acceptors (Lipinski definition) is 5. The molecule has 8 nitrogen and oxygen atoms in total. The lowest BCUT2D eigenvalue weighted by Gasteiger charge is -2.13. The number of nitro benzene ring substituents is 1. The van der Waals surface area contributed by atoms with Crippen molar-refractivity contribution in [3.8, 4) is 17.5 Å². The number of hydrogen-bond donors (Lipinski definition) is 1. The molecule has 0 aliphatic heterocycles. The first-order chi connectivity index (χ1) is 14.9. The number of allylic oxidation sites excluding steroid dienone is 1. The van der Waals surface area contributed by atoms with Crippen LogP contribution in [-0.2, 0) is 0 Å². The molecule has 2 aromatic heterocycles. The van der Waals surface area contributed by atoms with Crippen LogP contribution in [0.3, 0.4) is 0 Å². The number of aromatic amines is 1. The molecule has 2 aromatic carbocycles. The van der Waals surface area contributed by atoms with Crippen molar-refractivity contribution in [3.63, 3.8) is 0 Å². The number of benzene rings is 2. The van der Waals surface area contributed by atoms with Crippen molar-refractivity contribution < 1.29 is 9.66 Å². The average Bonchev–Trinajstić information content (AvgIpc) is 3.31. The molecule has 0 aliphatic rings. The van der Waals surface area contributed by atoms with Gasteiger partial charge in [0.05, 0.1) is 40.4 Å². The number of nitrogens with one attached hydrogen (secondary N) is 1. The Kier molecular flexibility index (Phi) is 5.01. The van der Waals surface area contributed by atoms with Crippen LogP contribution >= 0.6 is 0 Å². The number of non-ortho nitro benzene ring substituents is 1. The quantitative estimate of drug-likeness (QED) is 0.283. The Bertz CT molecular complexity index is 1360. The molecule has 154 valence electrons. The number of nitro groups is 1. The van der Waals surface area contributed by atoms with Crippen molar-refractivity contribution in [2.45, 2.75) is 13.8 Å². The zero-order valence-corrected chi connectivity index (χ0v) is 17.2. The predicted molar refractivity (Wildman–Crippen MR) is 118 cm³/mol. The molecule has 0 bridgehead atoms. The van der Waals surface area contributed by atoms with Crippen molar-refractivity contribution in [2.75, 3.05) is 7.11 Å². The highest BCUT2D eigenvalue weighted by Crippen LogP contribution is 2.32. The summed E-state index contributed by atoms with van der Waals surface area (Å²) in [6, 6.07) is 16.3. The van der Waals surface area contributed by atoms with Gasteiger partial charge >= 0.3 is 0 Å². The summed E-state index contributed by atoms with van der Waals surface area (Å²) in [4.78, 5) is 18.3. The Balaban J connectivity index is 1.81. The van der Waals surface area contributed by atoms with Crippen molar-refractivity contribution in [1.29, 1.82) is 5.26 Å². The van der Waals surface area contributed by atoms with Gasteiger partial charge in [-0.3, -0.25) is 10.1 Å². The fourth-order valence-corrected chi connectivity index (χ4v) is 3.66. The van der Waals surface area contributed by atoms with Crippen LogP contribution in [0.25, 0.3) is 28.4 Å². The second kappa shape index (κ2) is 7.80. The van der Waals surface area contributed by atoms with Crippen LogP contribution in [0.4, 0.5) is 5.69 Å². The van der Waals surface area contributed by atoms with Crippen LogP contribution in [0, 0.1) is 35.3 Å². The highest BCUT2D eigenvalue weighted by atomic mass is 16.6. The molecule has 0 saturated heterocycles. The summed E-state index contributed by atoms with van der Waals surface area (Å²) < 4.78 is 7.35. The van der Waals surface area contributed by atoms with E-state index in [0.717, 1.165) is 28.0 Å². The molecule has 0 saturated carbocycles. The predicted octanol–water partition coefficient (Wildman–Crippen LogP) is 4.95. The zero-order chi connectivity index (χ0) is 22.1. The molecule has 0 aliphatic carbocycles. The van der Waals surface area contributed by atoms with Gasteiger partial charge in [0, 0.05) is 17.5 Å².